The highest BCUT2D eigenvalue weighted by Gasteiger charge is 2.25. The number of furan rings is 1. The van der Waals surface area contributed by atoms with E-state index < -0.39 is 0 Å². The third-order valence-electron chi connectivity index (χ3n) is 7.95. The van der Waals surface area contributed by atoms with Gasteiger partial charge in [-0.05, 0) is 71.8 Å². The fourth-order valence-electron chi connectivity index (χ4n) is 5.62. The number of piperazine rings is 1. The van der Waals surface area contributed by atoms with Crippen LogP contribution in [0.1, 0.15) is 27.4 Å². The molecule has 3 heterocycles. The second-order valence-electron chi connectivity index (χ2n) is 10.8. The van der Waals surface area contributed by atoms with Crippen LogP contribution in [-0.2, 0) is 19.6 Å². The Morgan fingerprint density at radius 2 is 1.43 bits per heavy atom. The second-order valence-corrected chi connectivity index (χ2v) is 10.8. The van der Waals surface area contributed by atoms with E-state index in [0.717, 1.165) is 47.2 Å². The predicted octanol–water partition coefficient (Wildman–Crippen LogP) is 5.20. The van der Waals surface area contributed by atoms with E-state index in [2.05, 4.69) is 9.80 Å². The van der Waals surface area contributed by atoms with Crippen LogP contribution in [0.2, 0.25) is 0 Å². The van der Waals surface area contributed by atoms with Crippen LogP contribution in [0.5, 0.6) is 28.7 Å². The first-order valence-corrected chi connectivity index (χ1v) is 14.6. The van der Waals surface area contributed by atoms with Gasteiger partial charge in [0.15, 0.2) is 28.8 Å². The fourth-order valence-corrected chi connectivity index (χ4v) is 5.62. The molecule has 0 atom stereocenters. The highest BCUT2D eigenvalue weighted by atomic mass is 16.7. The van der Waals surface area contributed by atoms with Gasteiger partial charge in [-0.15, -0.1) is 0 Å². The van der Waals surface area contributed by atoms with Gasteiger partial charge in [-0.2, -0.15) is 0 Å². The third kappa shape index (κ3) is 6.55. The lowest BCUT2D eigenvalue weighted by molar-refractivity contribution is 0.0710. The van der Waals surface area contributed by atoms with Crippen molar-refractivity contribution in [1.29, 1.82) is 0 Å². The molecular formula is C34H37N3O7. The van der Waals surface area contributed by atoms with Crippen molar-refractivity contribution in [3.63, 3.8) is 0 Å². The molecule has 1 amide bonds. The number of benzene rings is 3. The molecule has 1 aromatic heterocycles. The Labute approximate surface area is 257 Å². The average Bonchev–Trinajstić information content (AvgIpc) is 3.74. The van der Waals surface area contributed by atoms with E-state index in [0.29, 0.717) is 55.7 Å². The van der Waals surface area contributed by atoms with E-state index >= 15 is 0 Å². The molecule has 0 N–H and O–H groups in total. The molecule has 10 heteroatoms. The second kappa shape index (κ2) is 13.2. The van der Waals surface area contributed by atoms with Crippen LogP contribution in [0, 0.1) is 0 Å². The topological polar surface area (TPSA) is 86.1 Å². The molecule has 0 bridgehead atoms. The Morgan fingerprint density at radius 1 is 0.727 bits per heavy atom. The average molecular weight is 600 g/mol. The Bertz CT molecular complexity index is 1580. The van der Waals surface area contributed by atoms with Crippen LogP contribution >= 0.6 is 0 Å². The first-order valence-electron chi connectivity index (χ1n) is 14.6. The minimum atomic E-state index is -0.0900. The summed E-state index contributed by atoms with van der Waals surface area (Å²) in [6, 6.07) is 23.6. The molecule has 0 unspecified atom stereocenters. The molecule has 4 aromatic rings. The van der Waals surface area contributed by atoms with Crippen LogP contribution in [0.15, 0.2) is 77.2 Å². The van der Waals surface area contributed by atoms with Crippen LogP contribution < -0.4 is 28.6 Å². The predicted molar refractivity (Wildman–Crippen MR) is 165 cm³/mol. The summed E-state index contributed by atoms with van der Waals surface area (Å²) >= 11 is 0. The number of ether oxygens (including phenoxy) is 5. The maximum atomic E-state index is 13.4. The van der Waals surface area contributed by atoms with Crippen LogP contribution in [0.3, 0.4) is 0 Å². The molecule has 2 aliphatic rings. The van der Waals surface area contributed by atoms with Crippen LogP contribution in [0.25, 0.3) is 0 Å². The number of hydrogen-bond donors (Lipinski definition) is 0. The molecule has 230 valence electrons. The lowest BCUT2D eigenvalue weighted by atomic mass is 10.1. The van der Waals surface area contributed by atoms with Crippen LogP contribution in [-0.4, -0.2) is 70.0 Å². The molecule has 3 aromatic carbocycles. The Balaban J connectivity index is 1.13. The molecule has 44 heavy (non-hydrogen) atoms. The van der Waals surface area contributed by atoms with Crippen molar-refractivity contribution in [1.82, 2.24) is 9.80 Å². The molecule has 0 saturated carbocycles. The fraction of sp³-hybridized carbons (Fsp3) is 0.324. The summed E-state index contributed by atoms with van der Waals surface area (Å²) in [5.74, 6) is 4.65. The third-order valence-corrected chi connectivity index (χ3v) is 7.95. The first kappa shape index (κ1) is 29.3. The molecule has 6 rings (SSSR count). The summed E-state index contributed by atoms with van der Waals surface area (Å²) in [5, 5.41) is 0. The van der Waals surface area contributed by atoms with E-state index in [1.165, 1.54) is 0 Å². The summed E-state index contributed by atoms with van der Waals surface area (Å²) in [6.45, 7) is 4.72. The Hall–Kier alpha value is -4.83. The monoisotopic (exact) mass is 599 g/mol. The maximum absolute atomic E-state index is 13.4. The van der Waals surface area contributed by atoms with E-state index in [4.69, 9.17) is 28.1 Å². The van der Waals surface area contributed by atoms with Gasteiger partial charge in [-0.25, -0.2) is 0 Å². The minimum absolute atomic E-state index is 0.0900. The highest BCUT2D eigenvalue weighted by Crippen LogP contribution is 2.34. The molecule has 0 aliphatic carbocycles. The molecular weight excluding hydrogens is 562 g/mol. The number of methoxy groups -OCH3 is 3. The zero-order chi connectivity index (χ0) is 30.5. The van der Waals surface area contributed by atoms with E-state index in [1.807, 2.05) is 71.6 Å². The Kier molecular flexibility index (Phi) is 8.79. The highest BCUT2D eigenvalue weighted by molar-refractivity contribution is 5.91. The minimum Gasteiger partial charge on any atom is -0.497 e. The van der Waals surface area contributed by atoms with Gasteiger partial charge in [-0.1, -0.05) is 12.1 Å². The maximum Gasteiger partial charge on any atom is 0.289 e. The number of anilines is 1. The molecule has 1 saturated heterocycles. The number of carbonyl (C=O) groups excluding carboxylic acids is 1. The summed E-state index contributed by atoms with van der Waals surface area (Å²) in [4.78, 5) is 19.8. The first-order chi connectivity index (χ1) is 21.5. The summed E-state index contributed by atoms with van der Waals surface area (Å²) in [7, 11) is 4.92. The smallest absolute Gasteiger partial charge is 0.289 e. The number of rotatable bonds is 11. The summed E-state index contributed by atoms with van der Waals surface area (Å²) < 4.78 is 33.5. The van der Waals surface area contributed by atoms with Gasteiger partial charge in [0.1, 0.15) is 11.5 Å². The van der Waals surface area contributed by atoms with Gasteiger partial charge in [0.05, 0.1) is 27.9 Å². The van der Waals surface area contributed by atoms with Gasteiger partial charge >= 0.3 is 0 Å². The van der Waals surface area contributed by atoms with Crippen molar-refractivity contribution in [2.75, 3.05) is 59.2 Å². The van der Waals surface area contributed by atoms with Crippen molar-refractivity contribution in [2.24, 2.45) is 0 Å². The van der Waals surface area contributed by atoms with Gasteiger partial charge < -0.3 is 37.9 Å². The van der Waals surface area contributed by atoms with Crippen LogP contribution in [0.4, 0.5) is 5.69 Å². The van der Waals surface area contributed by atoms with Gasteiger partial charge in [-0.3, -0.25) is 9.69 Å². The van der Waals surface area contributed by atoms with Gasteiger partial charge in [0.25, 0.3) is 5.91 Å². The molecule has 2 aliphatic heterocycles. The van der Waals surface area contributed by atoms with Crippen molar-refractivity contribution in [2.45, 2.75) is 19.6 Å². The number of nitrogens with zero attached hydrogens (tertiary/aromatic N) is 3. The molecule has 1 fully saturated rings. The molecule has 10 nitrogen and oxygen atoms in total. The van der Waals surface area contributed by atoms with Crippen molar-refractivity contribution in [3.05, 3.63) is 95.4 Å². The number of hydrogen-bond acceptors (Lipinski definition) is 9. The molecule has 0 radical (unpaired) electrons. The van der Waals surface area contributed by atoms with E-state index in [1.54, 1.807) is 27.4 Å². The molecule has 0 spiro atoms. The lowest BCUT2D eigenvalue weighted by Crippen LogP contribution is -2.48. The Morgan fingerprint density at radius 3 is 2.16 bits per heavy atom. The lowest BCUT2D eigenvalue weighted by Gasteiger charge is -2.35. The largest absolute Gasteiger partial charge is 0.497 e. The number of fused-ring (bicyclic) bond motifs is 1. The van der Waals surface area contributed by atoms with Crippen molar-refractivity contribution < 1.29 is 32.9 Å². The number of amides is 1. The SMILES string of the molecule is COc1ccc(N2CCN(C(=O)c3ccc(CN(Cc4ccc(OC)c(OC)c4)Cc4ccc5c(c4)OCO5)o3)CC2)cc1. The summed E-state index contributed by atoms with van der Waals surface area (Å²) in [6.07, 6.45) is 0. The zero-order valence-electron chi connectivity index (χ0n) is 25.3. The normalized spacial score (nSPS) is 14.2. The van der Waals surface area contributed by atoms with Crippen molar-refractivity contribution >= 4 is 11.6 Å². The number of carbonyl (C=O) groups is 1. The quantitative estimate of drug-likeness (QED) is 0.231. The zero-order valence-corrected chi connectivity index (χ0v) is 25.3. The van der Waals surface area contributed by atoms with Crippen molar-refractivity contribution in [3.8, 4) is 28.7 Å². The van der Waals surface area contributed by atoms with Gasteiger partial charge in [0, 0.05) is 45.0 Å². The van der Waals surface area contributed by atoms with E-state index in [9.17, 15) is 4.79 Å². The summed E-state index contributed by atoms with van der Waals surface area (Å²) in [5.41, 5.74) is 3.25. The van der Waals surface area contributed by atoms with E-state index in [-0.39, 0.29) is 12.7 Å². The standard InChI is InChI=1S/C34H37N3O7/c1-39-27-8-6-26(7-9-27)36-14-16-37(17-15-36)34(38)31-13-10-28(44-31)22-35(20-24-4-11-29(40-2)32(18-24)41-3)21-25-5-12-30-33(19-25)43-23-42-30/h4-13,18-19H,14-17,20-23H2,1-3H3. The van der Waals surface area contributed by atoms with Gasteiger partial charge in [0.2, 0.25) is 6.79 Å².